The second-order valence-corrected chi connectivity index (χ2v) is 5.12. The molecule has 106 valence electrons. The third-order valence-corrected chi connectivity index (χ3v) is 3.76. The molecule has 0 aliphatic carbocycles. The lowest BCUT2D eigenvalue weighted by Crippen LogP contribution is -2.17. The Bertz CT molecular complexity index is 643. The van der Waals surface area contributed by atoms with E-state index in [0.717, 1.165) is 29.5 Å². The number of hydrogen-bond acceptors (Lipinski definition) is 4. The van der Waals surface area contributed by atoms with Gasteiger partial charge in [0.25, 0.3) is 5.91 Å². The van der Waals surface area contributed by atoms with Crippen molar-refractivity contribution in [2.45, 2.75) is 6.54 Å². The van der Waals surface area contributed by atoms with Crippen LogP contribution in [0.25, 0.3) is 0 Å². The van der Waals surface area contributed by atoms with Crippen molar-refractivity contribution >= 4 is 27.9 Å². The van der Waals surface area contributed by atoms with Crippen LogP contribution in [0.3, 0.4) is 0 Å². The molecule has 0 unspecified atom stereocenters. The first kappa shape index (κ1) is 14.3. The number of halogens is 2. The van der Waals surface area contributed by atoms with Gasteiger partial charge in [-0.15, -0.1) is 11.3 Å². The van der Waals surface area contributed by atoms with E-state index in [-0.39, 0.29) is 18.0 Å². The monoisotopic (exact) mass is 297 g/mol. The molecule has 7 heteroatoms. The number of amides is 1. The van der Waals surface area contributed by atoms with Crippen molar-refractivity contribution in [1.82, 2.24) is 5.32 Å². The van der Waals surface area contributed by atoms with Crippen molar-refractivity contribution in [2.24, 2.45) is 0 Å². The predicted octanol–water partition coefficient (Wildman–Crippen LogP) is 2.58. The molecule has 0 atom stereocenters. The predicted molar refractivity (Wildman–Crippen MR) is 75.8 cm³/mol. The average Bonchev–Trinajstić information content (AvgIpc) is 2.80. The Morgan fingerprint density at radius 3 is 2.80 bits per heavy atom. The second kappa shape index (κ2) is 5.87. The number of nitrogen functional groups attached to an aromatic ring is 1. The molecule has 1 heterocycles. The van der Waals surface area contributed by atoms with Gasteiger partial charge in [-0.05, 0) is 24.3 Å². The topological polar surface area (TPSA) is 67.2 Å². The largest absolute Gasteiger partial charge is 0.397 e. The Labute approximate surface area is 118 Å². The molecule has 0 radical (unpaired) electrons. The summed E-state index contributed by atoms with van der Waals surface area (Å²) in [6.45, 7) is 0.108. The number of nitrogens with one attached hydrogen (secondary N) is 2. The summed E-state index contributed by atoms with van der Waals surface area (Å²) in [6.07, 6.45) is 0. The minimum Gasteiger partial charge on any atom is -0.397 e. The molecule has 1 aromatic heterocycles. The standard InChI is InChI=1S/C13H13F2N3OS/c1-17-13(19)12-10(16)5-11(20-12)18-6-7-4-8(14)2-3-9(7)15/h2-5,18H,6,16H2,1H3,(H,17,19). The summed E-state index contributed by atoms with van der Waals surface area (Å²) in [5.74, 6) is -1.27. The molecule has 1 aromatic carbocycles. The fourth-order valence-electron chi connectivity index (χ4n) is 1.64. The summed E-state index contributed by atoms with van der Waals surface area (Å²) in [6, 6.07) is 4.85. The molecule has 0 fully saturated rings. The van der Waals surface area contributed by atoms with E-state index in [0.29, 0.717) is 15.6 Å². The molecule has 0 aliphatic heterocycles. The van der Waals surface area contributed by atoms with Gasteiger partial charge in [0.15, 0.2) is 0 Å². The highest BCUT2D eigenvalue weighted by Crippen LogP contribution is 2.29. The maximum absolute atomic E-state index is 13.4. The number of hydrogen-bond donors (Lipinski definition) is 3. The van der Waals surface area contributed by atoms with E-state index in [4.69, 9.17) is 5.73 Å². The lowest BCUT2D eigenvalue weighted by molar-refractivity contribution is 0.0968. The van der Waals surface area contributed by atoms with Crippen molar-refractivity contribution in [3.05, 3.63) is 46.3 Å². The van der Waals surface area contributed by atoms with Crippen LogP contribution in [0.2, 0.25) is 0 Å². The van der Waals surface area contributed by atoms with Crippen LogP contribution in [0.5, 0.6) is 0 Å². The van der Waals surface area contributed by atoms with Gasteiger partial charge >= 0.3 is 0 Å². The van der Waals surface area contributed by atoms with E-state index in [1.807, 2.05) is 0 Å². The maximum Gasteiger partial charge on any atom is 0.263 e. The zero-order valence-electron chi connectivity index (χ0n) is 10.7. The normalized spacial score (nSPS) is 10.3. The number of carbonyl (C=O) groups is 1. The van der Waals surface area contributed by atoms with Crippen LogP contribution in [0, 0.1) is 11.6 Å². The summed E-state index contributed by atoms with van der Waals surface area (Å²) in [5, 5.41) is 6.02. The van der Waals surface area contributed by atoms with E-state index in [1.54, 1.807) is 6.07 Å². The first-order chi connectivity index (χ1) is 9.51. The van der Waals surface area contributed by atoms with E-state index in [9.17, 15) is 13.6 Å². The fourth-order valence-corrected chi connectivity index (χ4v) is 2.57. The van der Waals surface area contributed by atoms with Gasteiger partial charge in [0.2, 0.25) is 0 Å². The molecule has 1 amide bonds. The number of rotatable bonds is 4. The SMILES string of the molecule is CNC(=O)c1sc(NCc2cc(F)ccc2F)cc1N. The first-order valence-corrected chi connectivity index (χ1v) is 6.62. The summed E-state index contributed by atoms with van der Waals surface area (Å²) in [7, 11) is 1.51. The number of benzene rings is 1. The van der Waals surface area contributed by atoms with E-state index in [2.05, 4.69) is 10.6 Å². The van der Waals surface area contributed by atoms with Gasteiger partial charge in [0.1, 0.15) is 16.5 Å². The quantitative estimate of drug-likeness (QED) is 0.812. The molecule has 0 saturated heterocycles. The number of nitrogens with two attached hydrogens (primary N) is 1. The Balaban J connectivity index is 2.11. The molecule has 2 rings (SSSR count). The highest BCUT2D eigenvalue weighted by atomic mass is 32.1. The molecule has 4 nitrogen and oxygen atoms in total. The lowest BCUT2D eigenvalue weighted by Gasteiger charge is -2.05. The Morgan fingerprint density at radius 2 is 2.10 bits per heavy atom. The van der Waals surface area contributed by atoms with Crippen LogP contribution < -0.4 is 16.4 Å². The van der Waals surface area contributed by atoms with Crippen molar-refractivity contribution in [2.75, 3.05) is 18.1 Å². The second-order valence-electron chi connectivity index (χ2n) is 4.06. The van der Waals surface area contributed by atoms with Crippen molar-refractivity contribution in [1.29, 1.82) is 0 Å². The smallest absolute Gasteiger partial charge is 0.263 e. The van der Waals surface area contributed by atoms with Crippen LogP contribution in [0.15, 0.2) is 24.3 Å². The van der Waals surface area contributed by atoms with Crippen LogP contribution in [-0.2, 0) is 6.54 Å². The zero-order chi connectivity index (χ0) is 14.7. The van der Waals surface area contributed by atoms with E-state index < -0.39 is 11.6 Å². The molecule has 2 aromatic rings. The molecule has 4 N–H and O–H groups in total. The Hall–Kier alpha value is -2.15. The molecule has 0 bridgehead atoms. The van der Waals surface area contributed by atoms with Crippen LogP contribution >= 0.6 is 11.3 Å². The average molecular weight is 297 g/mol. The number of thiophene rings is 1. The first-order valence-electron chi connectivity index (χ1n) is 5.80. The molecule has 0 spiro atoms. The third-order valence-electron chi connectivity index (χ3n) is 2.65. The molecular weight excluding hydrogens is 284 g/mol. The van der Waals surface area contributed by atoms with Gasteiger partial charge in [-0.25, -0.2) is 8.78 Å². The highest BCUT2D eigenvalue weighted by Gasteiger charge is 2.13. The summed E-state index contributed by atoms with van der Waals surface area (Å²) < 4.78 is 26.5. The third kappa shape index (κ3) is 3.05. The summed E-state index contributed by atoms with van der Waals surface area (Å²) in [4.78, 5) is 11.9. The summed E-state index contributed by atoms with van der Waals surface area (Å²) in [5.41, 5.74) is 6.27. The van der Waals surface area contributed by atoms with Gasteiger partial charge in [0, 0.05) is 19.2 Å². The lowest BCUT2D eigenvalue weighted by atomic mass is 10.2. The molecule has 0 aliphatic rings. The maximum atomic E-state index is 13.4. The van der Waals surface area contributed by atoms with E-state index >= 15 is 0 Å². The zero-order valence-corrected chi connectivity index (χ0v) is 11.5. The Morgan fingerprint density at radius 1 is 1.35 bits per heavy atom. The Kier molecular flexibility index (Phi) is 4.19. The minimum absolute atomic E-state index is 0.108. The molecular formula is C13H13F2N3OS. The molecule has 0 saturated carbocycles. The van der Waals surface area contributed by atoms with Crippen LogP contribution in [0.1, 0.15) is 15.2 Å². The van der Waals surface area contributed by atoms with Crippen LogP contribution in [-0.4, -0.2) is 13.0 Å². The summed E-state index contributed by atoms with van der Waals surface area (Å²) >= 11 is 1.16. The van der Waals surface area contributed by atoms with Gasteiger partial charge in [-0.3, -0.25) is 4.79 Å². The minimum atomic E-state index is -0.500. The van der Waals surface area contributed by atoms with Crippen molar-refractivity contribution in [3.63, 3.8) is 0 Å². The van der Waals surface area contributed by atoms with Gasteiger partial charge in [-0.2, -0.15) is 0 Å². The fraction of sp³-hybridized carbons (Fsp3) is 0.154. The van der Waals surface area contributed by atoms with Gasteiger partial charge < -0.3 is 16.4 Å². The highest BCUT2D eigenvalue weighted by molar-refractivity contribution is 7.18. The molecule has 20 heavy (non-hydrogen) atoms. The van der Waals surface area contributed by atoms with E-state index in [1.165, 1.54) is 7.05 Å². The van der Waals surface area contributed by atoms with Crippen molar-refractivity contribution < 1.29 is 13.6 Å². The van der Waals surface area contributed by atoms with Gasteiger partial charge in [-0.1, -0.05) is 0 Å². The van der Waals surface area contributed by atoms with Gasteiger partial charge in [0.05, 0.1) is 10.7 Å². The van der Waals surface area contributed by atoms with Crippen molar-refractivity contribution in [3.8, 4) is 0 Å². The number of anilines is 2. The van der Waals surface area contributed by atoms with Crippen LogP contribution in [0.4, 0.5) is 19.5 Å². The number of carbonyl (C=O) groups excluding carboxylic acids is 1.